The lowest BCUT2D eigenvalue weighted by Crippen LogP contribution is -1.92. The molecule has 0 heterocycles. The Bertz CT molecular complexity index is 588. The molecular formula is C16H17NO2. The second kappa shape index (κ2) is 5.65. The van der Waals surface area contributed by atoms with Gasteiger partial charge < -0.3 is 0 Å². The quantitative estimate of drug-likeness (QED) is 0.600. The monoisotopic (exact) mass is 255 g/mol. The molecule has 0 N–H and O–H groups in total. The van der Waals surface area contributed by atoms with E-state index >= 15 is 0 Å². The zero-order valence-corrected chi connectivity index (χ0v) is 11.2. The number of nitro groups is 1. The maximum atomic E-state index is 10.6. The standard InChI is InChI=1S/C16H17NO2/c1-3-12-5-6-15(11-13(12)4-2)14-7-9-16(10-8-14)17(18)19/h5-11H,3-4H2,1-2H3. The number of benzene rings is 2. The molecule has 0 aliphatic heterocycles. The Hall–Kier alpha value is -2.16. The van der Waals surface area contributed by atoms with Crippen molar-refractivity contribution in [2.24, 2.45) is 0 Å². The first-order chi connectivity index (χ1) is 9.15. The molecule has 0 amide bonds. The Kier molecular flexibility index (Phi) is 3.95. The minimum absolute atomic E-state index is 0.129. The van der Waals surface area contributed by atoms with Crippen LogP contribution in [0.1, 0.15) is 25.0 Å². The SMILES string of the molecule is CCc1ccc(-c2ccc([N+](=O)[O-])cc2)cc1CC. The zero-order chi connectivity index (χ0) is 13.8. The summed E-state index contributed by atoms with van der Waals surface area (Å²) in [5.41, 5.74) is 4.98. The lowest BCUT2D eigenvalue weighted by molar-refractivity contribution is -0.384. The summed E-state index contributed by atoms with van der Waals surface area (Å²) < 4.78 is 0. The maximum absolute atomic E-state index is 10.6. The molecule has 0 fully saturated rings. The molecule has 0 radical (unpaired) electrons. The van der Waals surface area contributed by atoms with Gasteiger partial charge in [-0.2, -0.15) is 0 Å². The second-order valence-corrected chi connectivity index (χ2v) is 4.49. The van der Waals surface area contributed by atoms with Crippen LogP contribution in [-0.2, 0) is 12.8 Å². The summed E-state index contributed by atoms with van der Waals surface area (Å²) in [6.45, 7) is 4.30. The van der Waals surface area contributed by atoms with Crippen molar-refractivity contribution in [3.8, 4) is 11.1 Å². The molecule has 2 rings (SSSR count). The van der Waals surface area contributed by atoms with Crippen LogP contribution in [0.5, 0.6) is 0 Å². The molecule has 3 nitrogen and oxygen atoms in total. The van der Waals surface area contributed by atoms with Gasteiger partial charge >= 0.3 is 0 Å². The summed E-state index contributed by atoms with van der Waals surface area (Å²) >= 11 is 0. The van der Waals surface area contributed by atoms with Crippen molar-refractivity contribution in [2.45, 2.75) is 26.7 Å². The van der Waals surface area contributed by atoms with Gasteiger partial charge in [-0.3, -0.25) is 10.1 Å². The molecular weight excluding hydrogens is 238 g/mol. The summed E-state index contributed by atoms with van der Waals surface area (Å²) in [6, 6.07) is 13.1. The largest absolute Gasteiger partial charge is 0.269 e. The normalized spacial score (nSPS) is 10.4. The molecule has 0 atom stereocenters. The fourth-order valence-corrected chi connectivity index (χ4v) is 2.26. The molecule has 0 spiro atoms. The summed E-state index contributed by atoms with van der Waals surface area (Å²) in [4.78, 5) is 10.3. The van der Waals surface area contributed by atoms with Crippen LogP contribution in [0.25, 0.3) is 11.1 Å². The van der Waals surface area contributed by atoms with Crippen molar-refractivity contribution >= 4 is 5.69 Å². The fraction of sp³-hybridized carbons (Fsp3) is 0.250. The molecule has 0 saturated carbocycles. The number of non-ortho nitro benzene ring substituents is 1. The highest BCUT2D eigenvalue weighted by atomic mass is 16.6. The molecule has 0 aliphatic rings. The number of nitro benzene ring substituents is 1. The minimum atomic E-state index is -0.374. The average molecular weight is 255 g/mol. The van der Waals surface area contributed by atoms with Crippen LogP contribution >= 0.6 is 0 Å². The molecule has 19 heavy (non-hydrogen) atoms. The summed E-state index contributed by atoms with van der Waals surface area (Å²) in [7, 11) is 0. The third-order valence-corrected chi connectivity index (χ3v) is 3.38. The van der Waals surface area contributed by atoms with Crippen LogP contribution in [0.15, 0.2) is 42.5 Å². The van der Waals surface area contributed by atoms with E-state index in [2.05, 4.69) is 32.0 Å². The van der Waals surface area contributed by atoms with E-state index in [1.165, 1.54) is 11.1 Å². The van der Waals surface area contributed by atoms with E-state index in [1.807, 2.05) is 0 Å². The van der Waals surface area contributed by atoms with Crippen molar-refractivity contribution in [2.75, 3.05) is 0 Å². The Labute approximate surface area is 113 Å². The topological polar surface area (TPSA) is 43.1 Å². The predicted octanol–water partition coefficient (Wildman–Crippen LogP) is 4.39. The van der Waals surface area contributed by atoms with Crippen LogP contribution in [0.3, 0.4) is 0 Å². The van der Waals surface area contributed by atoms with Crippen LogP contribution in [-0.4, -0.2) is 4.92 Å². The lowest BCUT2D eigenvalue weighted by Gasteiger charge is -2.09. The fourth-order valence-electron chi connectivity index (χ4n) is 2.26. The van der Waals surface area contributed by atoms with Gasteiger partial charge in [-0.15, -0.1) is 0 Å². The van der Waals surface area contributed by atoms with Gasteiger partial charge in [0, 0.05) is 12.1 Å². The van der Waals surface area contributed by atoms with E-state index in [4.69, 9.17) is 0 Å². The van der Waals surface area contributed by atoms with Crippen molar-refractivity contribution in [3.63, 3.8) is 0 Å². The van der Waals surface area contributed by atoms with Crippen LogP contribution < -0.4 is 0 Å². The molecule has 0 saturated heterocycles. The summed E-state index contributed by atoms with van der Waals surface area (Å²) in [6.07, 6.45) is 2.04. The molecule has 0 unspecified atom stereocenters. The van der Waals surface area contributed by atoms with E-state index in [0.29, 0.717) is 0 Å². The van der Waals surface area contributed by atoms with Gasteiger partial charge in [-0.25, -0.2) is 0 Å². The molecule has 2 aromatic carbocycles. The first-order valence-corrected chi connectivity index (χ1v) is 6.52. The minimum Gasteiger partial charge on any atom is -0.258 e. The van der Waals surface area contributed by atoms with Crippen LogP contribution in [0.4, 0.5) is 5.69 Å². The molecule has 2 aromatic rings. The van der Waals surface area contributed by atoms with Gasteiger partial charge in [0.1, 0.15) is 0 Å². The van der Waals surface area contributed by atoms with Crippen LogP contribution in [0.2, 0.25) is 0 Å². The summed E-state index contributed by atoms with van der Waals surface area (Å²) in [5, 5.41) is 10.6. The van der Waals surface area contributed by atoms with Crippen molar-refractivity contribution in [3.05, 3.63) is 63.7 Å². The van der Waals surface area contributed by atoms with E-state index in [-0.39, 0.29) is 10.6 Å². The Morgan fingerprint density at radius 1 is 0.895 bits per heavy atom. The number of aryl methyl sites for hydroxylation is 2. The average Bonchev–Trinajstić information content (AvgIpc) is 2.46. The third kappa shape index (κ3) is 2.81. The molecule has 98 valence electrons. The highest BCUT2D eigenvalue weighted by molar-refractivity contribution is 5.66. The zero-order valence-electron chi connectivity index (χ0n) is 11.2. The highest BCUT2D eigenvalue weighted by Crippen LogP contribution is 2.25. The highest BCUT2D eigenvalue weighted by Gasteiger charge is 2.06. The maximum Gasteiger partial charge on any atom is 0.269 e. The van der Waals surface area contributed by atoms with Gasteiger partial charge in [0.05, 0.1) is 4.92 Å². The third-order valence-electron chi connectivity index (χ3n) is 3.38. The number of rotatable bonds is 4. The van der Waals surface area contributed by atoms with E-state index in [9.17, 15) is 10.1 Å². The second-order valence-electron chi connectivity index (χ2n) is 4.49. The predicted molar refractivity (Wildman–Crippen MR) is 77.3 cm³/mol. The van der Waals surface area contributed by atoms with Gasteiger partial charge in [0.15, 0.2) is 0 Å². The Morgan fingerprint density at radius 3 is 2.00 bits per heavy atom. The van der Waals surface area contributed by atoms with E-state index in [1.54, 1.807) is 24.3 Å². The van der Waals surface area contributed by atoms with Crippen LogP contribution in [0, 0.1) is 10.1 Å². The molecule has 3 heteroatoms. The summed E-state index contributed by atoms with van der Waals surface area (Å²) in [5.74, 6) is 0. The first kappa shape index (κ1) is 13.3. The van der Waals surface area contributed by atoms with Crippen molar-refractivity contribution in [1.29, 1.82) is 0 Å². The van der Waals surface area contributed by atoms with Gasteiger partial charge in [0.2, 0.25) is 0 Å². The Balaban J connectivity index is 2.38. The van der Waals surface area contributed by atoms with Gasteiger partial charge in [-0.1, -0.05) is 32.0 Å². The van der Waals surface area contributed by atoms with Crippen molar-refractivity contribution < 1.29 is 4.92 Å². The number of nitrogens with zero attached hydrogens (tertiary/aromatic N) is 1. The number of hydrogen-bond donors (Lipinski definition) is 0. The number of hydrogen-bond acceptors (Lipinski definition) is 2. The van der Waals surface area contributed by atoms with E-state index in [0.717, 1.165) is 24.0 Å². The molecule has 0 aromatic heterocycles. The molecule has 0 bridgehead atoms. The van der Waals surface area contributed by atoms with Crippen molar-refractivity contribution in [1.82, 2.24) is 0 Å². The van der Waals surface area contributed by atoms with Gasteiger partial charge in [-0.05, 0) is 47.2 Å². The first-order valence-electron chi connectivity index (χ1n) is 6.52. The smallest absolute Gasteiger partial charge is 0.258 e. The van der Waals surface area contributed by atoms with Gasteiger partial charge in [0.25, 0.3) is 5.69 Å². The van der Waals surface area contributed by atoms with E-state index < -0.39 is 0 Å². The molecule has 0 aliphatic carbocycles. The lowest BCUT2D eigenvalue weighted by atomic mass is 9.96. The Morgan fingerprint density at radius 2 is 1.47 bits per heavy atom.